The number of nitrogens with zero attached hydrogens (tertiary/aromatic N) is 3. The van der Waals surface area contributed by atoms with Crippen LogP contribution in [0.25, 0.3) is 10.9 Å². The molecule has 16 heteroatoms. The Morgan fingerprint density at radius 1 is 1.08 bits per heavy atom. The van der Waals surface area contributed by atoms with Gasteiger partial charge in [0.05, 0.1) is 50.6 Å². The minimum absolute atomic E-state index is 0.0687. The fourth-order valence-electron chi connectivity index (χ4n) is 5.39. The zero-order valence-corrected chi connectivity index (χ0v) is 31.4. The average Bonchev–Trinajstić information content (AvgIpc) is 3.40. The van der Waals surface area contributed by atoms with Gasteiger partial charge in [0, 0.05) is 35.6 Å². The van der Waals surface area contributed by atoms with E-state index in [0.717, 1.165) is 12.1 Å². The van der Waals surface area contributed by atoms with Gasteiger partial charge in [-0.15, -0.1) is 0 Å². The molecule has 4 rings (SSSR count). The van der Waals surface area contributed by atoms with E-state index in [2.05, 4.69) is 20.3 Å². The SMILES string of the molecule is CC(C)Cn1ncc2cc(Oc3ccc(F)cc3F)c(C(=O)NCC[N+](C)(C)Cc3cc(C(O)CNC(C)(C)C)ccc3OCOP(=O)([O-])O)cc21. The second-order valence-electron chi connectivity index (χ2n) is 14.8. The molecule has 2 atom stereocenters. The summed E-state index contributed by atoms with van der Waals surface area (Å²) in [6.45, 7) is 11.1. The Bertz CT molecular complexity index is 1910. The monoisotopic (exact) mass is 747 g/mol. The number of β-amino-alcohol motifs (C(OH)–C–C–N with tert-alkyl or cyclic N) is 1. The molecular weight excluding hydrogens is 699 g/mol. The number of fused-ring (bicyclic) bond motifs is 1. The number of rotatable bonds is 17. The first-order chi connectivity index (χ1) is 24.2. The highest BCUT2D eigenvalue weighted by molar-refractivity contribution is 7.44. The maximum absolute atomic E-state index is 14.6. The highest BCUT2D eigenvalue weighted by Gasteiger charge is 2.24. The Labute approximate surface area is 302 Å². The van der Waals surface area contributed by atoms with Gasteiger partial charge in [0.25, 0.3) is 13.7 Å². The molecule has 0 saturated carbocycles. The van der Waals surface area contributed by atoms with Crippen LogP contribution < -0.4 is 25.0 Å². The first-order valence-corrected chi connectivity index (χ1v) is 18.3. The Kier molecular flexibility index (Phi) is 13.2. The smallest absolute Gasteiger partial charge is 0.268 e. The van der Waals surface area contributed by atoms with Gasteiger partial charge in [-0.25, -0.2) is 8.78 Å². The molecule has 284 valence electrons. The van der Waals surface area contributed by atoms with E-state index in [1.807, 2.05) is 48.7 Å². The maximum atomic E-state index is 14.6. The molecule has 1 aromatic heterocycles. The van der Waals surface area contributed by atoms with Gasteiger partial charge in [-0.1, -0.05) is 19.9 Å². The predicted molar refractivity (Wildman–Crippen MR) is 190 cm³/mol. The fourth-order valence-corrected chi connectivity index (χ4v) is 5.58. The topological polar surface area (TPSA) is 167 Å². The molecule has 2 unspecified atom stereocenters. The van der Waals surface area contributed by atoms with Gasteiger partial charge in [0.2, 0.25) is 0 Å². The second kappa shape index (κ2) is 16.8. The third kappa shape index (κ3) is 12.1. The number of likely N-dealkylation sites (N-methyl/N-ethyl adjacent to an activating group) is 1. The average molecular weight is 748 g/mol. The third-order valence-corrected chi connectivity index (χ3v) is 8.40. The Morgan fingerprint density at radius 2 is 1.79 bits per heavy atom. The Morgan fingerprint density at radius 3 is 2.44 bits per heavy atom. The van der Waals surface area contributed by atoms with E-state index in [4.69, 9.17) is 14.4 Å². The summed E-state index contributed by atoms with van der Waals surface area (Å²) in [5, 5.41) is 22.2. The molecule has 3 aromatic carbocycles. The number of phosphoric acid groups is 1. The van der Waals surface area contributed by atoms with E-state index in [1.165, 1.54) is 0 Å². The van der Waals surface area contributed by atoms with Gasteiger partial charge in [-0.3, -0.25) is 18.6 Å². The molecule has 0 spiro atoms. The highest BCUT2D eigenvalue weighted by atomic mass is 31.2. The Hall–Kier alpha value is -3.95. The number of carbonyl (C=O) groups is 1. The summed E-state index contributed by atoms with van der Waals surface area (Å²) >= 11 is 0. The lowest BCUT2D eigenvalue weighted by Crippen LogP contribution is -2.44. The van der Waals surface area contributed by atoms with Crippen molar-refractivity contribution >= 4 is 24.6 Å². The lowest BCUT2D eigenvalue weighted by molar-refractivity contribution is -0.902. The number of amides is 1. The summed E-state index contributed by atoms with van der Waals surface area (Å²) < 4.78 is 57.2. The van der Waals surface area contributed by atoms with E-state index in [9.17, 15) is 28.1 Å². The van der Waals surface area contributed by atoms with Crippen molar-refractivity contribution in [3.8, 4) is 17.2 Å². The van der Waals surface area contributed by atoms with Gasteiger partial charge in [0.1, 0.15) is 23.9 Å². The number of aromatic nitrogens is 2. The number of nitrogens with one attached hydrogen (secondary N) is 2. The first-order valence-electron chi connectivity index (χ1n) is 16.8. The number of benzene rings is 3. The van der Waals surface area contributed by atoms with Crippen molar-refractivity contribution in [3.05, 3.63) is 83.1 Å². The third-order valence-electron chi connectivity index (χ3n) is 7.97. The van der Waals surface area contributed by atoms with Gasteiger partial charge >= 0.3 is 0 Å². The molecule has 0 bridgehead atoms. The van der Waals surface area contributed by atoms with Crippen LogP contribution in [-0.2, 0) is 22.2 Å². The molecule has 0 aliphatic rings. The number of ether oxygens (including phenoxy) is 2. The van der Waals surface area contributed by atoms with Crippen LogP contribution in [0.1, 0.15) is 62.2 Å². The minimum atomic E-state index is -5.02. The molecule has 0 radical (unpaired) electrons. The van der Waals surface area contributed by atoms with E-state index in [0.29, 0.717) is 52.2 Å². The van der Waals surface area contributed by atoms with Crippen molar-refractivity contribution < 1.29 is 51.5 Å². The molecule has 1 heterocycles. The van der Waals surface area contributed by atoms with E-state index in [1.54, 1.807) is 41.2 Å². The number of aliphatic hydroxyl groups is 1. The highest BCUT2D eigenvalue weighted by Crippen LogP contribution is 2.33. The molecule has 1 amide bonds. The summed E-state index contributed by atoms with van der Waals surface area (Å²) in [5.74, 6) is -1.79. The van der Waals surface area contributed by atoms with Crippen molar-refractivity contribution in [2.24, 2.45) is 5.92 Å². The largest absolute Gasteiger partial charge is 0.756 e. The number of halogens is 2. The maximum Gasteiger partial charge on any atom is 0.268 e. The van der Waals surface area contributed by atoms with E-state index >= 15 is 0 Å². The van der Waals surface area contributed by atoms with Crippen LogP contribution in [0, 0.1) is 17.6 Å². The van der Waals surface area contributed by atoms with Crippen molar-refractivity contribution in [3.63, 3.8) is 0 Å². The summed E-state index contributed by atoms with van der Waals surface area (Å²) in [5.41, 5.74) is 1.81. The van der Waals surface area contributed by atoms with Crippen molar-refractivity contribution in [2.45, 2.75) is 59.4 Å². The van der Waals surface area contributed by atoms with Crippen LogP contribution in [-0.4, -0.2) is 76.2 Å². The van der Waals surface area contributed by atoms with Crippen LogP contribution in [0.15, 0.2) is 54.7 Å². The Balaban J connectivity index is 1.54. The lowest BCUT2D eigenvalue weighted by atomic mass is 10.0. The molecular formula is C36H48F2N5O8P. The normalized spacial score (nSPS) is 14.0. The standard InChI is InChI=1S/C36H48F2N5O8P/c1-23(2)20-42-30-17-28(34(15-25(30)18-41-42)51-33-11-9-27(37)16-29(33)38)35(45)39-12-13-43(6,7)21-26-14-24(31(44)19-40-36(3,4)5)8-10-32(26)49-22-50-52(46,47)48/h8-11,14-18,23,31,40,44H,12-13,19-22H2,1-7H3,(H2-,39,45,46,47,48). The zero-order valence-electron chi connectivity index (χ0n) is 30.5. The summed E-state index contributed by atoms with van der Waals surface area (Å²) in [4.78, 5) is 33.8. The number of aliphatic hydroxyl groups excluding tert-OH is 1. The first kappa shape index (κ1) is 40.8. The molecule has 13 nitrogen and oxygen atoms in total. The molecule has 0 aliphatic carbocycles. The summed E-state index contributed by atoms with van der Waals surface area (Å²) in [6, 6.07) is 11.2. The van der Waals surface area contributed by atoms with Crippen LogP contribution in [0.4, 0.5) is 8.78 Å². The molecule has 52 heavy (non-hydrogen) atoms. The fraction of sp³-hybridized carbons (Fsp3) is 0.444. The molecule has 0 fully saturated rings. The quantitative estimate of drug-likeness (QED) is 0.0656. The van der Waals surface area contributed by atoms with Crippen LogP contribution in [0.3, 0.4) is 0 Å². The second-order valence-corrected chi connectivity index (χ2v) is 15.9. The van der Waals surface area contributed by atoms with Crippen LogP contribution in [0.2, 0.25) is 0 Å². The summed E-state index contributed by atoms with van der Waals surface area (Å²) in [7, 11) is -1.19. The molecule has 4 aromatic rings. The number of hydrogen-bond donors (Lipinski definition) is 4. The van der Waals surface area contributed by atoms with Crippen molar-refractivity contribution in [1.82, 2.24) is 20.4 Å². The molecule has 0 aliphatic heterocycles. The van der Waals surface area contributed by atoms with Gasteiger partial charge in [0.15, 0.2) is 18.4 Å². The van der Waals surface area contributed by atoms with Crippen LogP contribution >= 0.6 is 7.82 Å². The number of carbonyl (C=O) groups excluding carboxylic acids is 1. The number of phosphoric ester groups is 1. The summed E-state index contributed by atoms with van der Waals surface area (Å²) in [6.07, 6.45) is 0.779. The van der Waals surface area contributed by atoms with Gasteiger partial charge < -0.3 is 39.5 Å². The van der Waals surface area contributed by atoms with Gasteiger partial charge in [-0.05, 0) is 68.7 Å². The van der Waals surface area contributed by atoms with Crippen molar-refractivity contribution in [1.29, 1.82) is 0 Å². The minimum Gasteiger partial charge on any atom is -0.756 e. The van der Waals surface area contributed by atoms with Crippen LogP contribution in [0.5, 0.6) is 17.2 Å². The van der Waals surface area contributed by atoms with E-state index in [-0.39, 0.29) is 47.4 Å². The van der Waals surface area contributed by atoms with Crippen molar-refractivity contribution in [2.75, 3.05) is 40.5 Å². The number of quaternary nitrogens is 1. The predicted octanol–water partition coefficient (Wildman–Crippen LogP) is 5.00. The molecule has 4 N–H and O–H groups in total. The van der Waals surface area contributed by atoms with E-state index < -0.39 is 38.3 Å². The molecule has 0 saturated heterocycles. The van der Waals surface area contributed by atoms with Gasteiger partial charge in [-0.2, -0.15) is 5.10 Å². The lowest BCUT2D eigenvalue weighted by Gasteiger charge is -2.31. The number of hydrogen-bond acceptors (Lipinski definition) is 9. The zero-order chi connectivity index (χ0) is 38.4.